The first-order chi connectivity index (χ1) is 15.5. The molecule has 0 saturated carbocycles. The predicted molar refractivity (Wildman–Crippen MR) is 132 cm³/mol. The molecule has 4 aromatic rings. The number of fused-ring (bicyclic) bond motifs is 1. The Kier molecular flexibility index (Phi) is 5.48. The van der Waals surface area contributed by atoms with Crippen molar-refractivity contribution in [1.29, 1.82) is 0 Å². The molecule has 0 radical (unpaired) electrons. The Bertz CT molecular complexity index is 1430. The van der Waals surface area contributed by atoms with Crippen molar-refractivity contribution in [2.45, 2.75) is 55.4 Å². The zero-order valence-electron chi connectivity index (χ0n) is 20.5. The van der Waals surface area contributed by atoms with Crippen LogP contribution in [0.3, 0.4) is 0 Å². The van der Waals surface area contributed by atoms with Gasteiger partial charge in [-0.05, 0) is 113 Å². The first-order valence-corrected chi connectivity index (χ1v) is 11.1. The standard InChI is InChI=1S/C27H30N4O2/c1-13-14(2)18(6)25-24(17(13)5)30-26(31(25)33)21-9-11-22(12-10-21)29-27(32)23-16(4)15(3)19(7)28-20(23)8/h9-12,33H,1-8H3,(H,29,32). The molecular weight excluding hydrogens is 412 g/mol. The highest BCUT2D eigenvalue weighted by Crippen LogP contribution is 2.32. The van der Waals surface area contributed by atoms with Crippen LogP contribution in [0.2, 0.25) is 0 Å². The number of pyridine rings is 1. The summed E-state index contributed by atoms with van der Waals surface area (Å²) in [7, 11) is 0. The van der Waals surface area contributed by atoms with Crippen LogP contribution in [0, 0.1) is 55.4 Å². The highest BCUT2D eigenvalue weighted by Gasteiger charge is 2.20. The van der Waals surface area contributed by atoms with Crippen molar-refractivity contribution < 1.29 is 10.0 Å². The molecule has 1 amide bonds. The van der Waals surface area contributed by atoms with Crippen molar-refractivity contribution in [3.8, 4) is 11.4 Å². The lowest BCUT2D eigenvalue weighted by molar-refractivity contribution is 0.102. The summed E-state index contributed by atoms with van der Waals surface area (Å²) in [5.74, 6) is 0.295. The Hall–Kier alpha value is -3.67. The minimum absolute atomic E-state index is 0.181. The third-order valence-corrected chi connectivity index (χ3v) is 7.06. The van der Waals surface area contributed by atoms with E-state index < -0.39 is 0 Å². The van der Waals surface area contributed by atoms with Gasteiger partial charge in [-0.2, -0.15) is 4.73 Å². The molecule has 0 spiro atoms. The number of nitrogens with one attached hydrogen (secondary N) is 1. The van der Waals surface area contributed by atoms with Crippen LogP contribution in [-0.2, 0) is 0 Å². The minimum Gasteiger partial charge on any atom is -0.426 e. The number of carbonyl (C=O) groups excluding carboxylic acids is 1. The Labute approximate surface area is 194 Å². The fraction of sp³-hybridized carbons (Fsp3) is 0.296. The van der Waals surface area contributed by atoms with E-state index >= 15 is 0 Å². The molecular formula is C27H30N4O2. The summed E-state index contributed by atoms with van der Waals surface area (Å²) in [4.78, 5) is 22.2. The van der Waals surface area contributed by atoms with Gasteiger partial charge >= 0.3 is 0 Å². The van der Waals surface area contributed by atoms with Crippen molar-refractivity contribution in [3.05, 3.63) is 74.6 Å². The van der Waals surface area contributed by atoms with E-state index in [-0.39, 0.29) is 5.91 Å². The summed E-state index contributed by atoms with van der Waals surface area (Å²) < 4.78 is 1.17. The number of carbonyl (C=O) groups is 1. The van der Waals surface area contributed by atoms with E-state index in [0.29, 0.717) is 17.1 Å². The second kappa shape index (κ2) is 8.03. The van der Waals surface area contributed by atoms with Gasteiger partial charge in [0.25, 0.3) is 5.91 Å². The molecule has 0 atom stereocenters. The molecule has 2 aromatic carbocycles. The summed E-state index contributed by atoms with van der Waals surface area (Å²) >= 11 is 0. The number of rotatable bonds is 3. The fourth-order valence-corrected chi connectivity index (χ4v) is 4.47. The molecule has 0 aliphatic heterocycles. The van der Waals surface area contributed by atoms with Crippen LogP contribution in [0.15, 0.2) is 24.3 Å². The van der Waals surface area contributed by atoms with Gasteiger partial charge in [0, 0.05) is 16.9 Å². The van der Waals surface area contributed by atoms with Gasteiger partial charge in [0.2, 0.25) is 0 Å². The first kappa shape index (κ1) is 22.5. The first-order valence-electron chi connectivity index (χ1n) is 11.1. The van der Waals surface area contributed by atoms with Crippen molar-refractivity contribution in [1.82, 2.24) is 14.7 Å². The normalized spacial score (nSPS) is 11.3. The molecule has 0 bridgehead atoms. The molecule has 0 aliphatic rings. The SMILES string of the molecule is Cc1nc(C)c(C(=O)Nc2ccc(-c3nc4c(C)c(C)c(C)c(C)c4n3O)cc2)c(C)c1C. The van der Waals surface area contributed by atoms with Gasteiger partial charge in [0.1, 0.15) is 5.52 Å². The van der Waals surface area contributed by atoms with Gasteiger partial charge in [-0.1, -0.05) is 0 Å². The molecule has 170 valence electrons. The Balaban J connectivity index is 1.68. The van der Waals surface area contributed by atoms with Gasteiger partial charge < -0.3 is 10.5 Å². The topological polar surface area (TPSA) is 80.0 Å². The van der Waals surface area contributed by atoms with Crippen molar-refractivity contribution in [2.75, 3.05) is 5.32 Å². The molecule has 6 nitrogen and oxygen atoms in total. The molecule has 0 unspecified atom stereocenters. The van der Waals surface area contributed by atoms with E-state index in [9.17, 15) is 10.0 Å². The van der Waals surface area contributed by atoms with Gasteiger partial charge in [0.15, 0.2) is 5.82 Å². The molecule has 0 aliphatic carbocycles. The molecule has 6 heteroatoms. The lowest BCUT2D eigenvalue weighted by atomic mass is 9.97. The quantitative estimate of drug-likeness (QED) is 0.378. The average Bonchev–Trinajstić information content (AvgIpc) is 3.12. The minimum atomic E-state index is -0.181. The number of amides is 1. The fourth-order valence-electron chi connectivity index (χ4n) is 4.47. The number of aryl methyl sites for hydroxylation is 4. The maximum Gasteiger partial charge on any atom is 0.257 e. The van der Waals surface area contributed by atoms with Crippen LogP contribution in [-0.4, -0.2) is 25.8 Å². The second-order valence-corrected chi connectivity index (χ2v) is 8.88. The number of imidazole rings is 1. The zero-order valence-corrected chi connectivity index (χ0v) is 20.5. The summed E-state index contributed by atoms with van der Waals surface area (Å²) in [6.07, 6.45) is 0. The van der Waals surface area contributed by atoms with E-state index in [1.807, 2.05) is 65.8 Å². The van der Waals surface area contributed by atoms with E-state index in [1.165, 1.54) is 10.3 Å². The molecule has 33 heavy (non-hydrogen) atoms. The van der Waals surface area contributed by atoms with Crippen molar-refractivity contribution in [3.63, 3.8) is 0 Å². The molecule has 0 fully saturated rings. The largest absolute Gasteiger partial charge is 0.426 e. The Morgan fingerprint density at radius 1 is 0.758 bits per heavy atom. The number of hydrogen-bond acceptors (Lipinski definition) is 4. The van der Waals surface area contributed by atoms with Crippen LogP contribution in [0.1, 0.15) is 55.1 Å². The van der Waals surface area contributed by atoms with Gasteiger partial charge in [-0.25, -0.2) is 4.98 Å². The van der Waals surface area contributed by atoms with Crippen LogP contribution in [0.4, 0.5) is 5.69 Å². The number of anilines is 1. The highest BCUT2D eigenvalue weighted by molar-refractivity contribution is 6.06. The van der Waals surface area contributed by atoms with E-state index in [1.54, 1.807) is 0 Å². The monoisotopic (exact) mass is 442 g/mol. The third-order valence-electron chi connectivity index (χ3n) is 7.06. The van der Waals surface area contributed by atoms with E-state index in [4.69, 9.17) is 4.98 Å². The van der Waals surface area contributed by atoms with Crippen LogP contribution < -0.4 is 5.32 Å². The lowest BCUT2D eigenvalue weighted by Gasteiger charge is -2.14. The number of nitrogens with zero attached hydrogens (tertiary/aromatic N) is 3. The summed E-state index contributed by atoms with van der Waals surface area (Å²) in [6.45, 7) is 15.9. The van der Waals surface area contributed by atoms with Crippen LogP contribution in [0.5, 0.6) is 0 Å². The van der Waals surface area contributed by atoms with E-state index in [0.717, 1.165) is 55.8 Å². The Morgan fingerprint density at radius 2 is 1.36 bits per heavy atom. The number of benzene rings is 2. The second-order valence-electron chi connectivity index (χ2n) is 8.88. The maximum absolute atomic E-state index is 13.0. The lowest BCUT2D eigenvalue weighted by Crippen LogP contribution is -2.17. The third kappa shape index (κ3) is 3.55. The zero-order chi connectivity index (χ0) is 24.2. The Morgan fingerprint density at radius 3 is 2.00 bits per heavy atom. The molecule has 4 rings (SSSR count). The van der Waals surface area contributed by atoms with Crippen molar-refractivity contribution in [2.24, 2.45) is 0 Å². The number of aromatic nitrogens is 3. The molecule has 2 N–H and O–H groups in total. The van der Waals surface area contributed by atoms with Gasteiger partial charge in [-0.15, -0.1) is 0 Å². The van der Waals surface area contributed by atoms with Crippen LogP contribution in [0.25, 0.3) is 22.4 Å². The maximum atomic E-state index is 13.0. The summed E-state index contributed by atoms with van der Waals surface area (Å²) in [5.41, 5.74) is 11.6. The van der Waals surface area contributed by atoms with E-state index in [2.05, 4.69) is 24.1 Å². The summed E-state index contributed by atoms with van der Waals surface area (Å²) in [5, 5.41) is 13.9. The van der Waals surface area contributed by atoms with Crippen molar-refractivity contribution >= 4 is 22.6 Å². The molecule has 0 saturated heterocycles. The highest BCUT2D eigenvalue weighted by atomic mass is 16.5. The number of hydrogen-bond donors (Lipinski definition) is 2. The predicted octanol–water partition coefficient (Wildman–Crippen LogP) is 6.06. The van der Waals surface area contributed by atoms with Gasteiger partial charge in [0.05, 0.1) is 16.8 Å². The summed E-state index contributed by atoms with van der Waals surface area (Å²) in [6, 6.07) is 7.35. The average molecular weight is 443 g/mol. The van der Waals surface area contributed by atoms with Gasteiger partial charge in [-0.3, -0.25) is 9.78 Å². The molecule has 2 heterocycles. The van der Waals surface area contributed by atoms with Crippen LogP contribution >= 0.6 is 0 Å². The smallest absolute Gasteiger partial charge is 0.257 e. The molecule has 2 aromatic heterocycles.